The van der Waals surface area contributed by atoms with Crippen LogP contribution in [0.2, 0.25) is 0 Å². The molecule has 0 fully saturated rings. The first-order valence-corrected chi connectivity index (χ1v) is 8.93. The zero-order valence-corrected chi connectivity index (χ0v) is 15.2. The lowest BCUT2D eigenvalue weighted by Crippen LogP contribution is -2.38. The van der Waals surface area contributed by atoms with Gasteiger partial charge in [0.2, 0.25) is 24.3 Å². The van der Waals surface area contributed by atoms with E-state index in [4.69, 9.17) is 9.47 Å². The number of hydrogen-bond acceptors (Lipinski definition) is 6. The minimum atomic E-state index is -0.384. The highest BCUT2D eigenvalue weighted by atomic mass is 16.7. The molecule has 0 unspecified atom stereocenters. The zero-order chi connectivity index (χ0) is 19.7. The molecule has 1 aliphatic heterocycles. The molecule has 7 nitrogen and oxygen atoms in total. The Labute approximate surface area is 161 Å². The van der Waals surface area contributed by atoms with Crippen LogP contribution in [-0.4, -0.2) is 24.3 Å². The summed E-state index contributed by atoms with van der Waals surface area (Å²) >= 11 is 0. The van der Waals surface area contributed by atoms with E-state index in [0.29, 0.717) is 17.1 Å². The van der Waals surface area contributed by atoms with Crippen LogP contribution in [0.5, 0.6) is 11.5 Å². The molecule has 1 heterocycles. The first-order chi connectivity index (χ1) is 13.6. The van der Waals surface area contributed by atoms with Crippen LogP contribution in [0.4, 0.5) is 0 Å². The number of ketones is 2. The van der Waals surface area contributed by atoms with Crippen molar-refractivity contribution in [2.24, 2.45) is 0 Å². The first kappa shape index (κ1) is 17.8. The average molecular weight is 378 g/mol. The molecule has 142 valence electrons. The molecule has 1 amide bonds. The number of allylic oxidation sites excluding steroid dienone is 2. The highest BCUT2D eigenvalue weighted by Gasteiger charge is 2.33. The standard InChI is InChI=1S/C21H18N2O5/c1-2-17(24)23-19-18(20(25)13-5-3-4-6-14(13)21(19)26)22-10-12-7-8-15-16(9-12)28-11-27-15/h3-9,22H,2,10-11H2,1H3,(H,23,24). The van der Waals surface area contributed by atoms with Crippen molar-refractivity contribution in [1.82, 2.24) is 10.6 Å². The molecule has 0 saturated heterocycles. The van der Waals surface area contributed by atoms with Gasteiger partial charge in [-0.2, -0.15) is 0 Å². The molecule has 0 saturated carbocycles. The van der Waals surface area contributed by atoms with Crippen molar-refractivity contribution >= 4 is 17.5 Å². The number of nitrogens with one attached hydrogen (secondary N) is 2. The smallest absolute Gasteiger partial charge is 0.231 e. The number of Topliss-reactive ketones (excluding diaryl/α,β-unsaturated/α-hetero) is 2. The molecule has 2 aliphatic rings. The third kappa shape index (κ3) is 3.11. The summed E-state index contributed by atoms with van der Waals surface area (Å²) in [7, 11) is 0. The van der Waals surface area contributed by atoms with Crippen molar-refractivity contribution in [2.75, 3.05) is 6.79 Å². The summed E-state index contributed by atoms with van der Waals surface area (Å²) in [4.78, 5) is 37.8. The second-order valence-corrected chi connectivity index (χ2v) is 6.40. The predicted octanol–water partition coefficient (Wildman–Crippen LogP) is 2.32. The number of carbonyl (C=O) groups excluding carboxylic acids is 3. The van der Waals surface area contributed by atoms with Gasteiger partial charge in [-0.25, -0.2) is 0 Å². The molecule has 1 aliphatic carbocycles. The van der Waals surface area contributed by atoms with Gasteiger partial charge in [-0.05, 0) is 17.7 Å². The number of hydrogen-bond donors (Lipinski definition) is 2. The molecular weight excluding hydrogens is 360 g/mol. The first-order valence-electron chi connectivity index (χ1n) is 8.93. The zero-order valence-electron chi connectivity index (χ0n) is 15.2. The highest BCUT2D eigenvalue weighted by molar-refractivity contribution is 6.27. The predicted molar refractivity (Wildman–Crippen MR) is 100.0 cm³/mol. The maximum absolute atomic E-state index is 13.0. The van der Waals surface area contributed by atoms with Crippen LogP contribution in [-0.2, 0) is 11.3 Å². The minimum absolute atomic E-state index is 0.0173. The quantitative estimate of drug-likeness (QED) is 0.829. The third-order valence-electron chi connectivity index (χ3n) is 4.61. The molecule has 0 radical (unpaired) electrons. The summed E-state index contributed by atoms with van der Waals surface area (Å²) < 4.78 is 10.7. The number of carbonyl (C=O) groups is 3. The summed E-state index contributed by atoms with van der Waals surface area (Å²) in [6.45, 7) is 2.13. The topological polar surface area (TPSA) is 93.7 Å². The van der Waals surface area contributed by atoms with Gasteiger partial charge in [0, 0.05) is 24.1 Å². The Balaban J connectivity index is 1.66. The fourth-order valence-electron chi connectivity index (χ4n) is 3.13. The van der Waals surface area contributed by atoms with Gasteiger partial charge in [-0.3, -0.25) is 14.4 Å². The van der Waals surface area contributed by atoms with Crippen LogP contribution in [0.1, 0.15) is 39.6 Å². The fraction of sp³-hybridized carbons (Fsp3) is 0.190. The highest BCUT2D eigenvalue weighted by Crippen LogP contribution is 2.32. The summed E-state index contributed by atoms with van der Waals surface area (Å²) in [5.41, 5.74) is 1.51. The second-order valence-electron chi connectivity index (χ2n) is 6.40. The third-order valence-corrected chi connectivity index (χ3v) is 4.61. The van der Waals surface area contributed by atoms with Crippen LogP contribution in [0.25, 0.3) is 0 Å². The van der Waals surface area contributed by atoms with Crippen LogP contribution < -0.4 is 20.1 Å². The Bertz CT molecular complexity index is 1030. The van der Waals surface area contributed by atoms with Crippen molar-refractivity contribution in [2.45, 2.75) is 19.9 Å². The molecule has 0 bridgehead atoms. The maximum Gasteiger partial charge on any atom is 0.231 e. The number of fused-ring (bicyclic) bond motifs is 2. The van der Waals surface area contributed by atoms with E-state index in [1.54, 1.807) is 37.3 Å². The Morgan fingerprint density at radius 1 is 0.964 bits per heavy atom. The van der Waals surface area contributed by atoms with Crippen LogP contribution in [0, 0.1) is 0 Å². The Morgan fingerprint density at radius 2 is 1.64 bits per heavy atom. The largest absolute Gasteiger partial charge is 0.454 e. The molecule has 0 aromatic heterocycles. The lowest BCUT2D eigenvalue weighted by atomic mass is 9.90. The Kier molecular flexibility index (Phi) is 4.57. The normalized spacial score (nSPS) is 14.8. The molecule has 28 heavy (non-hydrogen) atoms. The van der Waals surface area contributed by atoms with E-state index < -0.39 is 0 Å². The molecule has 2 N–H and O–H groups in total. The van der Waals surface area contributed by atoms with Gasteiger partial charge >= 0.3 is 0 Å². The molecular formula is C21H18N2O5. The van der Waals surface area contributed by atoms with E-state index in [-0.39, 0.29) is 54.2 Å². The lowest BCUT2D eigenvalue weighted by molar-refractivity contribution is -0.120. The van der Waals surface area contributed by atoms with Crippen LogP contribution in [0.15, 0.2) is 53.9 Å². The van der Waals surface area contributed by atoms with Gasteiger partial charge in [0.1, 0.15) is 11.4 Å². The molecule has 4 rings (SSSR count). The molecule has 2 aromatic rings. The number of amides is 1. The van der Waals surface area contributed by atoms with Crippen LogP contribution >= 0.6 is 0 Å². The molecule has 7 heteroatoms. The Hall–Kier alpha value is -3.61. The van der Waals surface area contributed by atoms with E-state index >= 15 is 0 Å². The van der Waals surface area contributed by atoms with Crippen molar-refractivity contribution in [3.05, 3.63) is 70.5 Å². The number of benzene rings is 2. The van der Waals surface area contributed by atoms with E-state index in [9.17, 15) is 14.4 Å². The molecule has 2 aromatic carbocycles. The Morgan fingerprint density at radius 3 is 2.36 bits per heavy atom. The summed E-state index contributed by atoms with van der Waals surface area (Å²) in [6.07, 6.45) is 0.196. The van der Waals surface area contributed by atoms with Gasteiger partial charge in [-0.15, -0.1) is 0 Å². The van der Waals surface area contributed by atoms with Crippen molar-refractivity contribution in [3.8, 4) is 11.5 Å². The van der Waals surface area contributed by atoms with E-state index in [1.165, 1.54) is 0 Å². The number of rotatable bonds is 5. The number of ether oxygens (including phenoxy) is 2. The second kappa shape index (κ2) is 7.19. The summed E-state index contributed by atoms with van der Waals surface area (Å²) in [5.74, 6) is 0.242. The SMILES string of the molecule is CCC(=O)NC1=C(NCc2ccc3c(c2)OCO3)C(=O)c2ccccc2C1=O. The minimum Gasteiger partial charge on any atom is -0.454 e. The van der Waals surface area contributed by atoms with Crippen molar-refractivity contribution in [1.29, 1.82) is 0 Å². The van der Waals surface area contributed by atoms with Gasteiger partial charge in [0.15, 0.2) is 11.5 Å². The van der Waals surface area contributed by atoms with Gasteiger partial charge in [0.25, 0.3) is 0 Å². The molecule has 0 atom stereocenters. The monoisotopic (exact) mass is 378 g/mol. The summed E-state index contributed by atoms with van der Waals surface area (Å²) in [6, 6.07) is 12.0. The van der Waals surface area contributed by atoms with E-state index in [1.807, 2.05) is 12.1 Å². The van der Waals surface area contributed by atoms with Crippen molar-refractivity contribution < 1.29 is 23.9 Å². The fourth-order valence-corrected chi connectivity index (χ4v) is 3.13. The lowest BCUT2D eigenvalue weighted by Gasteiger charge is -2.22. The van der Waals surface area contributed by atoms with Crippen molar-refractivity contribution in [3.63, 3.8) is 0 Å². The molecule has 0 spiro atoms. The van der Waals surface area contributed by atoms with Gasteiger partial charge < -0.3 is 20.1 Å². The van der Waals surface area contributed by atoms with E-state index in [0.717, 1.165) is 5.56 Å². The van der Waals surface area contributed by atoms with E-state index in [2.05, 4.69) is 10.6 Å². The van der Waals surface area contributed by atoms with Gasteiger partial charge in [0.05, 0.1) is 0 Å². The average Bonchev–Trinajstić information content (AvgIpc) is 3.19. The summed E-state index contributed by atoms with van der Waals surface area (Å²) in [5, 5.41) is 5.61. The maximum atomic E-state index is 13.0. The van der Waals surface area contributed by atoms with Gasteiger partial charge in [-0.1, -0.05) is 37.3 Å². The van der Waals surface area contributed by atoms with Crippen LogP contribution in [0.3, 0.4) is 0 Å².